The maximum atomic E-state index is 13.1. The molecule has 0 saturated carbocycles. The van der Waals surface area contributed by atoms with Gasteiger partial charge in [-0.15, -0.1) is 0 Å². The molecule has 4 heteroatoms. The van der Waals surface area contributed by atoms with E-state index in [4.69, 9.17) is 0 Å². The van der Waals surface area contributed by atoms with Gasteiger partial charge in [0.15, 0.2) is 5.78 Å². The van der Waals surface area contributed by atoms with Crippen LogP contribution < -0.4 is 0 Å². The Bertz CT molecular complexity index is 757. The number of allylic oxidation sites excluding steroid dienone is 2. The van der Waals surface area contributed by atoms with Gasteiger partial charge in [-0.3, -0.25) is 9.59 Å². The number of ether oxygens (including phenoxy) is 1. The van der Waals surface area contributed by atoms with E-state index >= 15 is 0 Å². The topological polar surface area (TPSA) is 60.4 Å². The van der Waals surface area contributed by atoms with Gasteiger partial charge in [0.25, 0.3) is 0 Å². The molecule has 4 nitrogen and oxygen atoms in total. The molecule has 4 unspecified atom stereocenters. The summed E-state index contributed by atoms with van der Waals surface area (Å²) in [7, 11) is 1.33. The zero-order chi connectivity index (χ0) is 21.1. The predicted octanol–water partition coefficient (Wildman–Crippen LogP) is 5.13. The second kappa shape index (κ2) is 8.85. The zero-order valence-corrected chi connectivity index (χ0v) is 17.8. The van der Waals surface area contributed by atoms with Crippen molar-refractivity contribution in [3.05, 3.63) is 47.5 Å². The first-order valence-electron chi connectivity index (χ1n) is 10.0. The summed E-state index contributed by atoms with van der Waals surface area (Å²) in [5, 5.41) is 0. The van der Waals surface area contributed by atoms with E-state index < -0.39 is 5.97 Å². The van der Waals surface area contributed by atoms with Crippen LogP contribution in [0.1, 0.15) is 68.2 Å². The minimum Gasteiger partial charge on any atom is -0.465 e. The molecule has 0 radical (unpaired) electrons. The number of carbonyl (C=O) groups excluding carboxylic acids is 3. The Balaban J connectivity index is 2.06. The summed E-state index contributed by atoms with van der Waals surface area (Å²) in [6.07, 6.45) is 5.61. The van der Waals surface area contributed by atoms with Crippen molar-refractivity contribution in [1.82, 2.24) is 0 Å². The van der Waals surface area contributed by atoms with Crippen LogP contribution >= 0.6 is 0 Å². The van der Waals surface area contributed by atoms with Crippen molar-refractivity contribution in [3.8, 4) is 0 Å². The summed E-state index contributed by atoms with van der Waals surface area (Å²) in [6.45, 7) is 10.3. The Morgan fingerprint density at radius 1 is 1.11 bits per heavy atom. The molecule has 2 rings (SSSR count). The lowest BCUT2D eigenvalue weighted by Gasteiger charge is -2.39. The molecule has 1 aliphatic rings. The average Bonchev–Trinajstić information content (AvgIpc) is 2.65. The minimum absolute atomic E-state index is 0.00688. The molecule has 0 aliphatic heterocycles. The maximum absolute atomic E-state index is 13.1. The third-order valence-electron chi connectivity index (χ3n) is 6.18. The quantitative estimate of drug-likeness (QED) is 0.372. The summed E-state index contributed by atoms with van der Waals surface area (Å²) < 4.78 is 4.68. The van der Waals surface area contributed by atoms with Gasteiger partial charge in [-0.1, -0.05) is 58.9 Å². The van der Waals surface area contributed by atoms with Crippen LogP contribution in [0.25, 0.3) is 0 Å². The van der Waals surface area contributed by atoms with Crippen LogP contribution in [0.4, 0.5) is 0 Å². The molecule has 1 aliphatic carbocycles. The van der Waals surface area contributed by atoms with Crippen LogP contribution in [0.3, 0.4) is 0 Å². The average molecular weight is 385 g/mol. The largest absolute Gasteiger partial charge is 0.465 e. The lowest BCUT2D eigenvalue weighted by molar-refractivity contribution is -0.129. The van der Waals surface area contributed by atoms with Gasteiger partial charge in [-0.05, 0) is 35.8 Å². The molecule has 152 valence electrons. The van der Waals surface area contributed by atoms with Gasteiger partial charge < -0.3 is 4.74 Å². The van der Waals surface area contributed by atoms with Crippen molar-refractivity contribution in [1.29, 1.82) is 0 Å². The molecule has 0 amide bonds. The molecule has 0 bridgehead atoms. The van der Waals surface area contributed by atoms with E-state index in [9.17, 15) is 14.4 Å². The fourth-order valence-corrected chi connectivity index (χ4v) is 4.30. The number of ketones is 2. The maximum Gasteiger partial charge on any atom is 0.337 e. The number of hydrogen-bond donors (Lipinski definition) is 0. The summed E-state index contributed by atoms with van der Waals surface area (Å²) in [4.78, 5) is 37.4. The highest BCUT2D eigenvalue weighted by atomic mass is 16.5. The number of rotatable bonds is 7. The number of methoxy groups -OCH3 is 1. The van der Waals surface area contributed by atoms with Crippen molar-refractivity contribution < 1.29 is 19.1 Å². The van der Waals surface area contributed by atoms with Gasteiger partial charge in [0.2, 0.25) is 0 Å². The van der Waals surface area contributed by atoms with Gasteiger partial charge >= 0.3 is 5.97 Å². The van der Waals surface area contributed by atoms with Crippen molar-refractivity contribution in [2.24, 2.45) is 29.1 Å². The van der Waals surface area contributed by atoms with Gasteiger partial charge in [0, 0.05) is 23.8 Å². The molecule has 0 aromatic heterocycles. The van der Waals surface area contributed by atoms with Crippen molar-refractivity contribution in [2.45, 2.75) is 47.5 Å². The molecule has 0 N–H and O–H groups in total. The number of benzene rings is 1. The van der Waals surface area contributed by atoms with E-state index in [2.05, 4.69) is 37.7 Å². The first-order chi connectivity index (χ1) is 13.1. The van der Waals surface area contributed by atoms with E-state index in [0.29, 0.717) is 17.5 Å². The predicted molar refractivity (Wildman–Crippen MR) is 110 cm³/mol. The second-order valence-corrected chi connectivity index (χ2v) is 8.83. The summed E-state index contributed by atoms with van der Waals surface area (Å²) in [5.74, 6) is -0.298. The third-order valence-corrected chi connectivity index (χ3v) is 6.18. The van der Waals surface area contributed by atoms with E-state index in [1.165, 1.54) is 7.11 Å². The van der Waals surface area contributed by atoms with Crippen LogP contribution in [0.15, 0.2) is 36.4 Å². The van der Waals surface area contributed by atoms with Gasteiger partial charge in [0.1, 0.15) is 5.78 Å². The highest BCUT2D eigenvalue weighted by Crippen LogP contribution is 2.42. The van der Waals surface area contributed by atoms with Crippen molar-refractivity contribution in [3.63, 3.8) is 0 Å². The molecule has 0 spiro atoms. The van der Waals surface area contributed by atoms with Crippen LogP contribution in [-0.2, 0) is 9.53 Å². The van der Waals surface area contributed by atoms with Crippen LogP contribution in [0, 0.1) is 29.1 Å². The Hall–Kier alpha value is -2.23. The normalized spacial score (nSPS) is 22.9. The summed E-state index contributed by atoms with van der Waals surface area (Å²) in [6, 6.07) is 6.49. The van der Waals surface area contributed by atoms with E-state index in [1.807, 2.05) is 13.8 Å². The Labute approximate surface area is 168 Å². The third kappa shape index (κ3) is 4.78. The van der Waals surface area contributed by atoms with Gasteiger partial charge in [-0.25, -0.2) is 4.79 Å². The first kappa shape index (κ1) is 22.1. The lowest BCUT2D eigenvalue weighted by Crippen LogP contribution is -2.38. The Kier molecular flexibility index (Phi) is 6.97. The van der Waals surface area contributed by atoms with Crippen molar-refractivity contribution >= 4 is 17.5 Å². The standard InChI is InChI=1S/C24H32O4/c1-15-8-7-13-24(4,5)21(15)20(25)14-16(2)17(3)22(26)18-9-11-19(12-10-18)23(27)28-6/h7-12,15-17,21H,13-14H2,1-6H3. The second-order valence-electron chi connectivity index (χ2n) is 8.83. The molecule has 4 atom stereocenters. The molecule has 0 heterocycles. The van der Waals surface area contributed by atoms with Gasteiger partial charge in [0.05, 0.1) is 12.7 Å². The SMILES string of the molecule is COC(=O)c1ccc(C(=O)C(C)C(C)CC(=O)C2C(C)C=CCC2(C)C)cc1. The fourth-order valence-electron chi connectivity index (χ4n) is 4.30. The van der Waals surface area contributed by atoms with E-state index in [1.54, 1.807) is 24.3 Å². The highest BCUT2D eigenvalue weighted by molar-refractivity contribution is 5.99. The van der Waals surface area contributed by atoms with E-state index in [0.717, 1.165) is 6.42 Å². The van der Waals surface area contributed by atoms with Crippen LogP contribution in [0.2, 0.25) is 0 Å². The zero-order valence-electron chi connectivity index (χ0n) is 17.8. The molecule has 1 aromatic rings. The smallest absolute Gasteiger partial charge is 0.337 e. The number of Topliss-reactive ketones (excluding diaryl/α,β-unsaturated/α-hetero) is 2. The summed E-state index contributed by atoms with van der Waals surface area (Å²) in [5.41, 5.74) is 0.910. The van der Waals surface area contributed by atoms with Crippen LogP contribution in [0.5, 0.6) is 0 Å². The number of carbonyl (C=O) groups is 3. The fraction of sp³-hybridized carbons (Fsp3) is 0.542. The number of hydrogen-bond acceptors (Lipinski definition) is 4. The first-order valence-corrected chi connectivity index (χ1v) is 10.0. The summed E-state index contributed by atoms with van der Waals surface area (Å²) >= 11 is 0. The lowest BCUT2D eigenvalue weighted by atomic mass is 9.64. The van der Waals surface area contributed by atoms with Crippen molar-refractivity contribution in [2.75, 3.05) is 7.11 Å². The monoisotopic (exact) mass is 384 g/mol. The van der Waals surface area contributed by atoms with E-state index in [-0.39, 0.29) is 40.7 Å². The number of esters is 1. The molecule has 28 heavy (non-hydrogen) atoms. The van der Waals surface area contributed by atoms with Crippen LogP contribution in [-0.4, -0.2) is 24.6 Å². The highest BCUT2D eigenvalue weighted by Gasteiger charge is 2.40. The minimum atomic E-state index is -0.427. The molecule has 0 fully saturated rings. The Morgan fingerprint density at radius 2 is 1.68 bits per heavy atom. The van der Waals surface area contributed by atoms with Gasteiger partial charge in [-0.2, -0.15) is 0 Å². The molecule has 1 aromatic carbocycles. The molecular formula is C24H32O4. The Morgan fingerprint density at radius 3 is 2.21 bits per heavy atom. The molecule has 0 saturated heterocycles. The molecular weight excluding hydrogens is 352 g/mol.